The molecule has 16 aliphatic rings. The molecule has 27 aromatic rings. The van der Waals surface area contributed by atoms with Gasteiger partial charge in [0.1, 0.15) is 82.8 Å². The summed E-state index contributed by atoms with van der Waals surface area (Å²) in [6.45, 7) is 0. The minimum Gasteiger partial charge on any atom is -0.253 e. The van der Waals surface area contributed by atoms with Crippen LogP contribution < -0.4 is 73.1 Å². The zero-order valence-electron chi connectivity index (χ0n) is 66.5. The van der Waals surface area contributed by atoms with Crippen LogP contribution in [0.5, 0.6) is 0 Å². The lowest BCUT2D eigenvalue weighted by Gasteiger charge is -2.22. The molecule has 570 valence electrons. The van der Waals surface area contributed by atoms with E-state index >= 15 is 0 Å². The first-order chi connectivity index (χ1) is 64.5. The summed E-state index contributed by atoms with van der Waals surface area (Å²) in [5, 5.41) is 9.00. The molecule has 4 unspecified atom stereocenters. The van der Waals surface area contributed by atoms with Gasteiger partial charge in [-0.1, -0.05) is 0 Å². The van der Waals surface area contributed by atoms with Gasteiger partial charge in [0.15, 0.2) is 66.5 Å². The van der Waals surface area contributed by atoms with Gasteiger partial charge in [0.2, 0.25) is 45.6 Å². The molecule has 43 rings (SSSR count). The lowest BCUT2D eigenvalue weighted by molar-refractivity contribution is -1.28. The van der Waals surface area contributed by atoms with Crippen LogP contribution in [0.4, 0.5) is 0 Å². The van der Waals surface area contributed by atoms with Gasteiger partial charge in [0.25, 0.3) is 44.1 Å². The van der Waals surface area contributed by atoms with E-state index in [1.54, 1.807) is 12.4 Å². The molecule has 34 heterocycles. The highest BCUT2D eigenvalue weighted by atomic mass is 15.7. The predicted molar refractivity (Wildman–Crippen MR) is 454 cm³/mol. The summed E-state index contributed by atoms with van der Waals surface area (Å²) in [7, 11) is 0. The molecule has 0 radical (unpaired) electrons. The van der Waals surface area contributed by atoms with Crippen LogP contribution in [0.15, 0.2) is 232 Å². The van der Waals surface area contributed by atoms with Crippen molar-refractivity contribution < 1.29 is 73.1 Å². The Morgan fingerprint density at radius 1 is 0.138 bits per heavy atom. The fourth-order valence-electron chi connectivity index (χ4n) is 30.1. The highest BCUT2D eigenvalue weighted by molar-refractivity contribution is 6.21. The maximum Gasteiger partial charge on any atom is 0.772 e. The van der Waals surface area contributed by atoms with Crippen LogP contribution >= 0.6 is 0 Å². The molecule has 0 fully saturated rings. The summed E-state index contributed by atoms with van der Waals surface area (Å²) in [6.07, 6.45) is 24.2. The number of fused-ring (bicyclic) bond motifs is 22. The van der Waals surface area contributed by atoms with Crippen LogP contribution in [0.3, 0.4) is 0 Å². The Balaban J connectivity index is 0.611. The van der Waals surface area contributed by atoms with Crippen molar-refractivity contribution in [2.75, 3.05) is 0 Å². The van der Waals surface area contributed by atoms with Crippen molar-refractivity contribution in [2.24, 2.45) is 0 Å². The summed E-state index contributed by atoms with van der Waals surface area (Å²) >= 11 is 0. The predicted octanol–water partition coefficient (Wildman–Crippen LogP) is 5.65. The van der Waals surface area contributed by atoms with Crippen molar-refractivity contribution >= 4 is 198 Å². The van der Waals surface area contributed by atoms with Gasteiger partial charge < -0.3 is 0 Å². The van der Waals surface area contributed by atoms with Crippen LogP contribution in [0.1, 0.15) is 0 Å². The molecular weight excluding hydrogens is 1620 g/mol. The Morgan fingerprint density at radius 2 is 0.308 bits per heavy atom. The van der Waals surface area contributed by atoms with E-state index in [0.717, 1.165) is 333 Å². The number of rotatable bonds is 0. The van der Waals surface area contributed by atoms with Crippen LogP contribution in [-0.2, 0) is 23.6 Å². The molecular formula is C102H38N28+16. The summed E-state index contributed by atoms with van der Waals surface area (Å²) in [5.41, 5.74) is 50.7. The fraction of sp³-hybridized carbons (Fsp3) is 0.0392. The highest BCUT2D eigenvalue weighted by Gasteiger charge is 2.94. The molecule has 0 N–H and O–H groups in total. The SMILES string of the molecule is c1cnc2c3c4c(cc2n1)ncc1[n+]4C24[n+]5c-1cnc1c6c7c(ncc8[n+]7C79[n+]%10c-8cnc8c%11c%12c(ncc%13[n+]%12C%12%14[n+]%15c-%13cnc%13c%16c%17c(ncc%18[n+]%17C%17%19[n+]%20c-%18cnc%18cc%21nccnc%21c(c%18%20)-c%18ccc%20ccc%21ccc-%16[n+]%17c%21c%20[n+]%18%19)c(c%13%15)-c%13ccc%15ccc%16ccc-%11[n+]%12c%16c%15[n+]%13%14)c(c8%10)-c8ccc%10ccc%11ccc-6[n+]7c%11c%10[n+]89)c(c15)-c1ccc5ccc6ccc-3[n+]2c6c5[n+]14. The van der Waals surface area contributed by atoms with E-state index in [-0.39, 0.29) is 0 Å². The second-order valence-corrected chi connectivity index (χ2v) is 37.9. The van der Waals surface area contributed by atoms with E-state index in [9.17, 15) is 0 Å². The number of nitrogens with zero attached hydrogens (tertiary/aromatic N) is 28. The molecule has 4 spiro atoms. The first-order valence-electron chi connectivity index (χ1n) is 44.1. The van der Waals surface area contributed by atoms with Crippen molar-refractivity contribution in [2.45, 2.75) is 23.6 Å². The number of pyridine rings is 8. The standard InChI is InChI=1S/C102H38N28/c1-3-41-11-19-53-69-79-95-71(77-93(69)125-61(33-109-77)59-31-107-49-29-47-75(105-27-25-103-47)67-51-17-9-39(1)83-85(41)117(53)99(125,115(51)83)123(59)91(49)67)55-21-13-43-5-7-45-15-23-57-73-82-98-74(81-97(73)129-65(37-113-81)63(35-111-79)127(95)101(129)119(55)87(43)89(45)121(57)101)58-24-16-46-8-6-44-14-22-56-72-78-94-70(80-96(72)128-64(36-112-80)66(38-114-82)130(98)102(128)120(56)88(44)90(46)122(58)102)54-20-12-42-4-2-40-10-18-52-68-76-48(104-26-28-106-76)30-50-92(68)124-60(32-108-50)62(34-110-78)126(94)100(124)116(52)84(40)86(42)118(54)100/h1-38H/q+16. The van der Waals surface area contributed by atoms with Gasteiger partial charge in [-0.2, -0.15) is 0 Å². The third-order valence-corrected chi connectivity index (χ3v) is 33.7. The topological polar surface area (TPSA) is 217 Å². The number of aromatic nitrogens is 28. The Labute approximate surface area is 717 Å². The normalized spacial score (nSPS) is 19.5. The zero-order valence-corrected chi connectivity index (χ0v) is 66.5. The Hall–Kier alpha value is -18.3. The molecule has 16 aliphatic heterocycles. The maximum atomic E-state index is 6.12. The number of hydrogen-bond acceptors (Lipinski definition) is 12. The van der Waals surface area contributed by atoms with Gasteiger partial charge in [-0.25, -0.2) is 39.9 Å². The lowest BCUT2D eigenvalue weighted by Crippen LogP contribution is -2.97. The molecule has 130 heavy (non-hydrogen) atoms. The van der Waals surface area contributed by atoms with Crippen LogP contribution in [0.25, 0.3) is 333 Å². The van der Waals surface area contributed by atoms with Crippen molar-refractivity contribution in [3.63, 3.8) is 0 Å². The van der Waals surface area contributed by atoms with Crippen molar-refractivity contribution in [1.29, 1.82) is 0 Å². The molecule has 28 heteroatoms. The van der Waals surface area contributed by atoms with Crippen molar-refractivity contribution in [3.8, 4) is 136 Å². The van der Waals surface area contributed by atoms with Crippen LogP contribution in [-0.4, -0.2) is 59.8 Å². The third-order valence-electron chi connectivity index (χ3n) is 33.7. The minimum atomic E-state index is -1.19. The smallest absolute Gasteiger partial charge is 0.253 e. The fourth-order valence-corrected chi connectivity index (χ4v) is 30.1. The Morgan fingerprint density at radius 3 is 0.523 bits per heavy atom. The van der Waals surface area contributed by atoms with Gasteiger partial charge in [-0.3, -0.25) is 19.9 Å². The van der Waals surface area contributed by atoms with E-state index in [1.807, 2.05) is 12.4 Å². The Kier molecular flexibility index (Phi) is 7.37. The average Bonchev–Trinajstić information content (AvgIpc) is 1.44. The highest BCUT2D eigenvalue weighted by Crippen LogP contribution is 2.58. The van der Waals surface area contributed by atoms with Gasteiger partial charge >= 0.3 is 113 Å². The minimum absolute atomic E-state index is 0.795. The van der Waals surface area contributed by atoms with E-state index in [1.165, 1.54) is 0 Å². The van der Waals surface area contributed by atoms with Crippen molar-refractivity contribution in [3.05, 3.63) is 232 Å². The first-order valence-corrected chi connectivity index (χ1v) is 44.1. The maximum absolute atomic E-state index is 6.12. The average molecular weight is 1660 g/mol. The molecule has 0 amide bonds. The van der Waals surface area contributed by atoms with Crippen LogP contribution in [0, 0.1) is 0 Å². The van der Waals surface area contributed by atoms with Gasteiger partial charge in [0, 0.05) is 146 Å². The van der Waals surface area contributed by atoms with Gasteiger partial charge in [-0.05, 0) is 109 Å². The summed E-state index contributed by atoms with van der Waals surface area (Å²) in [5.74, 6) is -4.50. The summed E-state index contributed by atoms with van der Waals surface area (Å²) < 4.78 is 42.1. The molecule has 0 bridgehead atoms. The van der Waals surface area contributed by atoms with E-state index in [4.69, 9.17) is 59.8 Å². The molecule has 4 atom stereocenters. The summed E-state index contributed by atoms with van der Waals surface area (Å²) in [4.78, 5) is 67.3. The van der Waals surface area contributed by atoms with E-state index in [0.29, 0.717) is 0 Å². The zero-order chi connectivity index (χ0) is 81.2. The molecule has 0 saturated heterocycles. The van der Waals surface area contributed by atoms with E-state index in [2.05, 4.69) is 280 Å². The largest absolute Gasteiger partial charge is 0.772 e. The van der Waals surface area contributed by atoms with Crippen LogP contribution in [0.2, 0.25) is 0 Å². The molecule has 0 saturated carbocycles. The first kappa shape index (κ1) is 57.9. The Bertz CT molecular complexity index is 10900. The van der Waals surface area contributed by atoms with Crippen molar-refractivity contribution in [1.82, 2.24) is 59.8 Å². The molecule has 28 nitrogen and oxygen atoms in total. The molecule has 18 aromatic heterocycles. The van der Waals surface area contributed by atoms with Gasteiger partial charge in [-0.15, -0.1) is 0 Å². The number of hydrogen-bond donors (Lipinski definition) is 0. The second kappa shape index (κ2) is 16.5. The lowest BCUT2D eigenvalue weighted by atomic mass is 9.93. The summed E-state index contributed by atoms with van der Waals surface area (Å²) in [6, 6.07) is 60.1. The second-order valence-electron chi connectivity index (χ2n) is 37.9. The number of benzene rings is 9. The third kappa shape index (κ3) is 4.65. The quantitative estimate of drug-likeness (QED) is 0.102. The van der Waals surface area contributed by atoms with Gasteiger partial charge in [0.05, 0.1) is 54.1 Å². The molecule has 9 aromatic carbocycles. The molecule has 0 aliphatic carbocycles. The monoisotopic (exact) mass is 1650 g/mol. The van der Waals surface area contributed by atoms with E-state index < -0.39 is 23.6 Å².